The van der Waals surface area contributed by atoms with E-state index in [4.69, 9.17) is 0 Å². The molecule has 20 heavy (non-hydrogen) atoms. The quantitative estimate of drug-likeness (QED) is 0.808. The first-order valence-corrected chi connectivity index (χ1v) is 8.43. The van der Waals surface area contributed by atoms with Gasteiger partial charge in [-0.2, -0.15) is 0 Å². The molecule has 2 rings (SSSR count). The summed E-state index contributed by atoms with van der Waals surface area (Å²) in [7, 11) is 2.09. The molecule has 0 aromatic carbocycles. The van der Waals surface area contributed by atoms with Crippen molar-refractivity contribution in [1.29, 1.82) is 0 Å². The van der Waals surface area contributed by atoms with Crippen LogP contribution >= 0.6 is 0 Å². The molecule has 0 spiro atoms. The lowest BCUT2D eigenvalue weighted by Crippen LogP contribution is -2.28. The number of aromatic nitrogens is 1. The van der Waals surface area contributed by atoms with Gasteiger partial charge in [-0.25, -0.2) is 0 Å². The van der Waals surface area contributed by atoms with Crippen LogP contribution in [0, 0.1) is 5.92 Å². The molecule has 1 unspecified atom stereocenters. The molecule has 1 fully saturated rings. The van der Waals surface area contributed by atoms with Gasteiger partial charge in [-0.1, -0.05) is 45.1 Å². The molecular weight excluding hydrogens is 244 g/mol. The summed E-state index contributed by atoms with van der Waals surface area (Å²) in [5.41, 5.74) is 2.56. The fourth-order valence-corrected chi connectivity index (χ4v) is 3.30. The number of nitrogens with zero attached hydrogens (tertiary/aromatic N) is 1. The van der Waals surface area contributed by atoms with Crippen molar-refractivity contribution in [2.45, 2.75) is 70.8 Å². The second-order valence-electron chi connectivity index (χ2n) is 6.28. The molecular formula is C18H30N2. The van der Waals surface area contributed by atoms with Crippen LogP contribution in [0.25, 0.3) is 0 Å². The van der Waals surface area contributed by atoms with Crippen molar-refractivity contribution in [1.82, 2.24) is 10.3 Å². The third-order valence-electron chi connectivity index (χ3n) is 4.81. The normalized spacial score (nSPS) is 18.1. The summed E-state index contributed by atoms with van der Waals surface area (Å²) in [6.07, 6.45) is 14.1. The Bertz CT molecular complexity index is 366. The predicted molar refractivity (Wildman–Crippen MR) is 86.0 cm³/mol. The zero-order chi connectivity index (χ0) is 14.2. The molecule has 0 aliphatic heterocycles. The summed E-state index contributed by atoms with van der Waals surface area (Å²) < 4.78 is 0. The van der Waals surface area contributed by atoms with Crippen LogP contribution in [-0.4, -0.2) is 18.1 Å². The zero-order valence-corrected chi connectivity index (χ0v) is 13.2. The van der Waals surface area contributed by atoms with E-state index in [1.807, 2.05) is 6.20 Å². The van der Waals surface area contributed by atoms with Gasteiger partial charge in [-0.05, 0) is 43.9 Å². The number of pyridine rings is 1. The van der Waals surface area contributed by atoms with Gasteiger partial charge in [-0.3, -0.25) is 4.98 Å². The van der Waals surface area contributed by atoms with Crippen LogP contribution < -0.4 is 5.32 Å². The van der Waals surface area contributed by atoms with E-state index in [0.717, 1.165) is 18.8 Å². The Balaban J connectivity index is 1.78. The molecule has 1 N–H and O–H groups in total. The third-order valence-corrected chi connectivity index (χ3v) is 4.81. The number of hydrogen-bond acceptors (Lipinski definition) is 2. The highest BCUT2D eigenvalue weighted by Crippen LogP contribution is 2.28. The van der Waals surface area contributed by atoms with E-state index >= 15 is 0 Å². The number of likely N-dealkylation sites (N-methyl/N-ethyl adjacent to an activating group) is 1. The first-order chi connectivity index (χ1) is 9.81. The second-order valence-corrected chi connectivity index (χ2v) is 6.28. The fraction of sp³-hybridized carbons (Fsp3) is 0.722. The maximum Gasteiger partial charge on any atom is 0.0419 e. The van der Waals surface area contributed by atoms with Gasteiger partial charge in [0.2, 0.25) is 0 Å². The number of aryl methyl sites for hydroxylation is 1. The molecule has 112 valence electrons. The maximum absolute atomic E-state index is 4.59. The summed E-state index contributed by atoms with van der Waals surface area (Å²) in [4.78, 5) is 4.59. The summed E-state index contributed by atoms with van der Waals surface area (Å²) in [5.74, 6) is 0.982. The van der Waals surface area contributed by atoms with Gasteiger partial charge in [0.05, 0.1) is 0 Å². The summed E-state index contributed by atoms with van der Waals surface area (Å²) in [5, 5.41) is 3.48. The minimum Gasteiger partial charge on any atom is -0.317 e. The Morgan fingerprint density at radius 2 is 2.05 bits per heavy atom. The minimum atomic E-state index is 0.580. The van der Waals surface area contributed by atoms with Crippen molar-refractivity contribution >= 4 is 0 Å². The van der Waals surface area contributed by atoms with Crippen LogP contribution in [0.5, 0.6) is 0 Å². The zero-order valence-electron chi connectivity index (χ0n) is 13.2. The van der Waals surface area contributed by atoms with Gasteiger partial charge in [0.25, 0.3) is 0 Å². The minimum absolute atomic E-state index is 0.580. The third kappa shape index (κ3) is 4.90. The molecule has 1 atom stereocenters. The fourth-order valence-electron chi connectivity index (χ4n) is 3.30. The second kappa shape index (κ2) is 8.41. The molecule has 0 amide bonds. The average molecular weight is 274 g/mol. The van der Waals surface area contributed by atoms with Crippen molar-refractivity contribution in [3.63, 3.8) is 0 Å². The van der Waals surface area contributed by atoms with Crippen LogP contribution in [0.3, 0.4) is 0 Å². The van der Waals surface area contributed by atoms with Crippen LogP contribution in [0.1, 0.15) is 63.1 Å². The van der Waals surface area contributed by atoms with E-state index < -0.39 is 0 Å². The Morgan fingerprint density at radius 3 is 2.65 bits per heavy atom. The standard InChI is InChI=1S/C18H30N2/c1-3-15-9-12-18(20-14-15)13-17(19-2)11-10-16-7-5-4-6-8-16/h9,12,14,16-17,19H,3-8,10-11,13H2,1-2H3. The van der Waals surface area contributed by atoms with Gasteiger partial charge in [0.1, 0.15) is 0 Å². The molecule has 2 nitrogen and oxygen atoms in total. The van der Waals surface area contributed by atoms with Crippen LogP contribution in [0.2, 0.25) is 0 Å². The Labute approximate surface area is 124 Å². The Hall–Kier alpha value is -0.890. The highest BCUT2D eigenvalue weighted by atomic mass is 14.9. The first-order valence-electron chi connectivity index (χ1n) is 8.43. The molecule has 1 saturated carbocycles. The average Bonchev–Trinajstić information content (AvgIpc) is 2.53. The topological polar surface area (TPSA) is 24.9 Å². The largest absolute Gasteiger partial charge is 0.317 e. The molecule has 1 aromatic heterocycles. The molecule has 0 saturated heterocycles. The Kier molecular flexibility index (Phi) is 6.52. The maximum atomic E-state index is 4.59. The van der Waals surface area contributed by atoms with E-state index in [-0.39, 0.29) is 0 Å². The highest BCUT2D eigenvalue weighted by molar-refractivity contribution is 5.14. The molecule has 2 heteroatoms. The van der Waals surface area contributed by atoms with E-state index in [2.05, 4.69) is 36.4 Å². The van der Waals surface area contributed by atoms with Crippen molar-refractivity contribution in [2.75, 3.05) is 7.05 Å². The first kappa shape index (κ1) is 15.5. The van der Waals surface area contributed by atoms with Gasteiger partial charge < -0.3 is 5.32 Å². The van der Waals surface area contributed by atoms with Crippen LogP contribution in [0.4, 0.5) is 0 Å². The lowest BCUT2D eigenvalue weighted by atomic mass is 9.85. The SMILES string of the molecule is CCc1ccc(CC(CCC2CCCCC2)NC)nc1. The van der Waals surface area contributed by atoms with E-state index in [9.17, 15) is 0 Å². The predicted octanol–water partition coefficient (Wildman–Crippen LogP) is 4.14. The van der Waals surface area contributed by atoms with E-state index in [1.54, 1.807) is 0 Å². The van der Waals surface area contributed by atoms with Gasteiger partial charge in [0.15, 0.2) is 0 Å². The van der Waals surface area contributed by atoms with E-state index in [0.29, 0.717) is 6.04 Å². The van der Waals surface area contributed by atoms with Crippen molar-refractivity contribution < 1.29 is 0 Å². The Morgan fingerprint density at radius 1 is 1.25 bits per heavy atom. The van der Waals surface area contributed by atoms with Crippen molar-refractivity contribution in [3.05, 3.63) is 29.6 Å². The molecule has 1 aromatic rings. The summed E-state index contributed by atoms with van der Waals surface area (Å²) in [6, 6.07) is 5.00. The molecule has 0 bridgehead atoms. The van der Waals surface area contributed by atoms with Crippen molar-refractivity contribution in [3.8, 4) is 0 Å². The monoisotopic (exact) mass is 274 g/mol. The number of rotatable bonds is 7. The van der Waals surface area contributed by atoms with Crippen LogP contribution in [0.15, 0.2) is 18.3 Å². The van der Waals surface area contributed by atoms with Gasteiger partial charge >= 0.3 is 0 Å². The highest BCUT2D eigenvalue weighted by Gasteiger charge is 2.16. The molecule has 1 aliphatic rings. The van der Waals surface area contributed by atoms with Gasteiger partial charge in [0, 0.05) is 24.4 Å². The van der Waals surface area contributed by atoms with Gasteiger partial charge in [-0.15, -0.1) is 0 Å². The molecule has 1 aliphatic carbocycles. The smallest absolute Gasteiger partial charge is 0.0419 e. The lowest BCUT2D eigenvalue weighted by Gasteiger charge is -2.24. The summed E-state index contributed by atoms with van der Waals surface area (Å²) in [6.45, 7) is 2.18. The van der Waals surface area contributed by atoms with Crippen LogP contribution in [-0.2, 0) is 12.8 Å². The lowest BCUT2D eigenvalue weighted by molar-refractivity contribution is 0.315. The van der Waals surface area contributed by atoms with E-state index in [1.165, 1.54) is 56.2 Å². The number of hydrogen-bond donors (Lipinski definition) is 1. The number of nitrogens with one attached hydrogen (secondary N) is 1. The van der Waals surface area contributed by atoms with Crippen molar-refractivity contribution in [2.24, 2.45) is 5.92 Å². The molecule has 1 heterocycles. The molecule has 0 radical (unpaired) electrons. The summed E-state index contributed by atoms with van der Waals surface area (Å²) >= 11 is 0.